The molecule has 2 saturated heterocycles. The maximum Gasteiger partial charge on any atom is 0.255 e. The minimum Gasteiger partial charge on any atom is -0.365 e. The molecular formula is C17H20N4O3. The van der Waals surface area contributed by atoms with E-state index in [9.17, 15) is 4.79 Å². The second kappa shape index (κ2) is 5.98. The molecule has 2 aliphatic heterocycles. The third kappa shape index (κ3) is 2.80. The summed E-state index contributed by atoms with van der Waals surface area (Å²) in [5, 5.41) is 3.97. The Kier molecular flexibility index (Phi) is 3.80. The Morgan fingerprint density at radius 3 is 2.92 bits per heavy atom. The van der Waals surface area contributed by atoms with Crippen molar-refractivity contribution in [3.05, 3.63) is 41.3 Å². The third-order valence-corrected chi connectivity index (χ3v) is 4.83. The van der Waals surface area contributed by atoms with Gasteiger partial charge in [-0.1, -0.05) is 5.16 Å². The highest BCUT2D eigenvalue weighted by Gasteiger charge is 2.42. The molecule has 0 spiro atoms. The van der Waals surface area contributed by atoms with Crippen LogP contribution in [0.2, 0.25) is 0 Å². The number of pyridine rings is 1. The number of carbonyl (C=O) groups excluding carboxylic acids is 1. The van der Waals surface area contributed by atoms with E-state index in [0.29, 0.717) is 29.7 Å². The first kappa shape index (κ1) is 15.3. The zero-order valence-electron chi connectivity index (χ0n) is 13.8. The predicted molar refractivity (Wildman–Crippen MR) is 84.3 cm³/mol. The van der Waals surface area contributed by atoms with Gasteiger partial charge in [-0.05, 0) is 37.8 Å². The Morgan fingerprint density at radius 1 is 1.33 bits per heavy atom. The molecule has 2 fully saturated rings. The summed E-state index contributed by atoms with van der Waals surface area (Å²) in [6, 6.07) is 3.69. The molecule has 7 nitrogen and oxygen atoms in total. The van der Waals surface area contributed by atoms with Crippen LogP contribution < -0.4 is 0 Å². The molecule has 3 atom stereocenters. The summed E-state index contributed by atoms with van der Waals surface area (Å²) in [6.07, 6.45) is 3.36. The number of hydrogen-bond acceptors (Lipinski definition) is 6. The SMILES string of the molecule is Cc1ccc(C(=O)N2CC[C@H]3C[C@H](c4noc(C)n4)O[C@@H]3C2)cn1. The van der Waals surface area contributed by atoms with Gasteiger partial charge in [-0.25, -0.2) is 0 Å². The summed E-state index contributed by atoms with van der Waals surface area (Å²) in [6.45, 7) is 5.03. The summed E-state index contributed by atoms with van der Waals surface area (Å²) in [7, 11) is 0. The van der Waals surface area contributed by atoms with Crippen LogP contribution in [0.1, 0.15) is 46.7 Å². The lowest BCUT2D eigenvalue weighted by molar-refractivity contribution is -0.00748. The molecule has 2 aromatic heterocycles. The Morgan fingerprint density at radius 2 is 2.21 bits per heavy atom. The fourth-order valence-corrected chi connectivity index (χ4v) is 3.50. The Labute approximate surface area is 140 Å². The fourth-order valence-electron chi connectivity index (χ4n) is 3.50. The lowest BCUT2D eigenvalue weighted by Crippen LogP contribution is -2.45. The first-order chi connectivity index (χ1) is 11.6. The molecule has 4 heterocycles. The topological polar surface area (TPSA) is 81.4 Å². The number of amides is 1. The number of carbonyl (C=O) groups is 1. The summed E-state index contributed by atoms with van der Waals surface area (Å²) in [5.74, 6) is 1.62. The lowest BCUT2D eigenvalue weighted by atomic mass is 9.91. The molecular weight excluding hydrogens is 308 g/mol. The summed E-state index contributed by atoms with van der Waals surface area (Å²) >= 11 is 0. The van der Waals surface area contributed by atoms with Crippen LogP contribution in [0.4, 0.5) is 0 Å². The average molecular weight is 328 g/mol. The molecule has 0 saturated carbocycles. The highest BCUT2D eigenvalue weighted by molar-refractivity contribution is 5.94. The van der Waals surface area contributed by atoms with Gasteiger partial charge < -0.3 is 14.2 Å². The van der Waals surface area contributed by atoms with Gasteiger partial charge in [-0.15, -0.1) is 0 Å². The molecule has 126 valence electrons. The van der Waals surface area contributed by atoms with Gasteiger partial charge in [0.25, 0.3) is 5.91 Å². The number of aryl methyl sites for hydroxylation is 2. The molecule has 1 amide bonds. The van der Waals surface area contributed by atoms with Gasteiger partial charge in [0.2, 0.25) is 11.7 Å². The second-order valence-corrected chi connectivity index (χ2v) is 6.56. The summed E-state index contributed by atoms with van der Waals surface area (Å²) in [4.78, 5) is 23.0. The zero-order chi connectivity index (χ0) is 16.7. The average Bonchev–Trinajstić information content (AvgIpc) is 3.20. The van der Waals surface area contributed by atoms with E-state index in [2.05, 4.69) is 15.1 Å². The van der Waals surface area contributed by atoms with Crippen LogP contribution >= 0.6 is 0 Å². The number of ether oxygens (including phenoxy) is 1. The van der Waals surface area contributed by atoms with E-state index in [1.165, 1.54) is 0 Å². The standard InChI is InChI=1S/C17H20N4O3/c1-10-3-4-13(8-18-10)17(22)21-6-5-12-7-14(23-15(12)9-21)16-19-11(2)24-20-16/h3-4,8,12,14-15H,5-7,9H2,1-2H3/t12-,14+,15+/m0/s1. The van der Waals surface area contributed by atoms with Crippen molar-refractivity contribution >= 4 is 5.91 Å². The fraction of sp³-hybridized carbons (Fsp3) is 0.529. The zero-order valence-corrected chi connectivity index (χ0v) is 13.8. The molecule has 0 bridgehead atoms. The first-order valence-corrected chi connectivity index (χ1v) is 8.28. The minimum atomic E-state index is -0.131. The third-order valence-electron chi connectivity index (χ3n) is 4.83. The smallest absolute Gasteiger partial charge is 0.255 e. The van der Waals surface area contributed by atoms with Crippen LogP contribution in [0.15, 0.2) is 22.9 Å². The molecule has 7 heteroatoms. The number of nitrogens with zero attached hydrogens (tertiary/aromatic N) is 4. The van der Waals surface area contributed by atoms with Crippen molar-refractivity contribution in [2.24, 2.45) is 5.92 Å². The Bertz CT molecular complexity index is 743. The molecule has 0 aromatic carbocycles. The first-order valence-electron chi connectivity index (χ1n) is 8.28. The van der Waals surface area contributed by atoms with Crippen molar-refractivity contribution in [3.8, 4) is 0 Å². The van der Waals surface area contributed by atoms with Crippen LogP contribution in [0, 0.1) is 19.8 Å². The Balaban J connectivity index is 1.44. The maximum absolute atomic E-state index is 12.6. The molecule has 24 heavy (non-hydrogen) atoms. The number of rotatable bonds is 2. The molecule has 0 unspecified atom stereocenters. The summed E-state index contributed by atoms with van der Waals surface area (Å²) in [5.41, 5.74) is 1.53. The number of piperidine rings is 1. The van der Waals surface area contributed by atoms with Crippen molar-refractivity contribution in [2.45, 2.75) is 38.9 Å². The lowest BCUT2D eigenvalue weighted by Gasteiger charge is -2.34. The van der Waals surface area contributed by atoms with E-state index in [1.54, 1.807) is 13.1 Å². The largest absolute Gasteiger partial charge is 0.365 e. The van der Waals surface area contributed by atoms with E-state index in [-0.39, 0.29) is 18.1 Å². The van der Waals surface area contributed by atoms with Gasteiger partial charge in [0.1, 0.15) is 6.10 Å². The second-order valence-electron chi connectivity index (χ2n) is 6.56. The van der Waals surface area contributed by atoms with Crippen molar-refractivity contribution in [1.29, 1.82) is 0 Å². The monoisotopic (exact) mass is 328 g/mol. The predicted octanol–water partition coefficient (Wildman–Crippen LogP) is 2.07. The molecule has 2 aliphatic rings. The summed E-state index contributed by atoms with van der Waals surface area (Å²) < 4.78 is 11.2. The van der Waals surface area contributed by atoms with Crippen molar-refractivity contribution in [3.63, 3.8) is 0 Å². The normalized spacial score (nSPS) is 26.4. The van der Waals surface area contributed by atoms with E-state index in [0.717, 1.165) is 25.1 Å². The van der Waals surface area contributed by atoms with E-state index in [4.69, 9.17) is 9.26 Å². The van der Waals surface area contributed by atoms with Crippen molar-refractivity contribution in [2.75, 3.05) is 13.1 Å². The van der Waals surface area contributed by atoms with E-state index in [1.807, 2.05) is 24.0 Å². The van der Waals surface area contributed by atoms with Crippen LogP contribution in [0.5, 0.6) is 0 Å². The van der Waals surface area contributed by atoms with Gasteiger partial charge in [-0.2, -0.15) is 4.98 Å². The van der Waals surface area contributed by atoms with Crippen molar-refractivity contribution in [1.82, 2.24) is 20.0 Å². The molecule has 0 N–H and O–H groups in total. The van der Waals surface area contributed by atoms with Gasteiger partial charge in [0.05, 0.1) is 11.7 Å². The van der Waals surface area contributed by atoms with Gasteiger partial charge in [0, 0.05) is 31.9 Å². The minimum absolute atomic E-state index is 0.0170. The Hall–Kier alpha value is -2.28. The van der Waals surface area contributed by atoms with Gasteiger partial charge >= 0.3 is 0 Å². The molecule has 0 aliphatic carbocycles. The number of hydrogen-bond donors (Lipinski definition) is 0. The van der Waals surface area contributed by atoms with Crippen LogP contribution in [-0.4, -0.2) is 45.1 Å². The maximum atomic E-state index is 12.6. The number of fused-ring (bicyclic) bond motifs is 1. The molecule has 0 radical (unpaired) electrons. The highest BCUT2D eigenvalue weighted by Crippen LogP contribution is 2.40. The van der Waals surface area contributed by atoms with E-state index >= 15 is 0 Å². The van der Waals surface area contributed by atoms with Crippen molar-refractivity contribution < 1.29 is 14.1 Å². The van der Waals surface area contributed by atoms with E-state index < -0.39 is 0 Å². The number of aromatic nitrogens is 3. The van der Waals surface area contributed by atoms with Crippen LogP contribution in [0.3, 0.4) is 0 Å². The van der Waals surface area contributed by atoms with Crippen LogP contribution in [-0.2, 0) is 4.74 Å². The van der Waals surface area contributed by atoms with Gasteiger partial charge in [-0.3, -0.25) is 9.78 Å². The molecule has 4 rings (SSSR count). The molecule has 2 aromatic rings. The number of likely N-dealkylation sites (tertiary alicyclic amines) is 1. The van der Waals surface area contributed by atoms with Gasteiger partial charge in [0.15, 0.2) is 0 Å². The van der Waals surface area contributed by atoms with Crippen LogP contribution in [0.25, 0.3) is 0 Å². The quantitative estimate of drug-likeness (QED) is 0.839. The highest BCUT2D eigenvalue weighted by atomic mass is 16.5.